The number of anilines is 3. The molecule has 2 aromatic rings. The Bertz CT molecular complexity index is 624. The number of benzene rings is 2. The topological polar surface area (TPSA) is 38.5 Å². The number of rotatable bonds is 2. The molecule has 3 heteroatoms. The summed E-state index contributed by atoms with van der Waals surface area (Å²) in [7, 11) is 1.68. The second kappa shape index (κ2) is 5.08. The third kappa shape index (κ3) is 2.20. The van der Waals surface area contributed by atoms with Gasteiger partial charge in [-0.1, -0.05) is 25.1 Å². The molecule has 0 aliphatic carbocycles. The fraction of sp³-hybridized carbons (Fsp3) is 0.294. The van der Waals surface area contributed by atoms with Crippen molar-refractivity contribution in [3.05, 3.63) is 48.0 Å². The molecule has 1 heterocycles. The van der Waals surface area contributed by atoms with Gasteiger partial charge in [0, 0.05) is 18.3 Å². The Morgan fingerprint density at radius 2 is 1.95 bits per heavy atom. The maximum absolute atomic E-state index is 6.18. The second-order valence-corrected chi connectivity index (χ2v) is 5.47. The molecule has 0 bridgehead atoms. The van der Waals surface area contributed by atoms with Crippen molar-refractivity contribution in [3.63, 3.8) is 0 Å². The lowest BCUT2D eigenvalue weighted by Crippen LogP contribution is -2.30. The molecule has 3 nitrogen and oxygen atoms in total. The first-order chi connectivity index (χ1) is 9.69. The number of ether oxygens (including phenoxy) is 1. The number of hydrogen-bond acceptors (Lipinski definition) is 3. The zero-order valence-electron chi connectivity index (χ0n) is 12.0. The molecule has 104 valence electrons. The maximum Gasteiger partial charge on any atom is 0.121 e. The molecule has 0 spiro atoms. The predicted octanol–water partition coefficient (Wildman–Crippen LogP) is 3.61. The summed E-state index contributed by atoms with van der Waals surface area (Å²) in [5.41, 5.74) is 10.6. The first kappa shape index (κ1) is 12.9. The van der Waals surface area contributed by atoms with Crippen LogP contribution in [-0.2, 0) is 6.42 Å². The van der Waals surface area contributed by atoms with E-state index in [-0.39, 0.29) is 0 Å². The molecule has 0 fully saturated rings. The quantitative estimate of drug-likeness (QED) is 0.846. The van der Waals surface area contributed by atoms with Crippen molar-refractivity contribution in [2.24, 2.45) is 5.92 Å². The first-order valence-corrected chi connectivity index (χ1v) is 6.98. The summed E-state index contributed by atoms with van der Waals surface area (Å²) in [5, 5.41) is 0. The van der Waals surface area contributed by atoms with Crippen LogP contribution < -0.4 is 15.4 Å². The third-order valence-corrected chi connectivity index (χ3v) is 3.87. The average Bonchev–Trinajstić information content (AvgIpc) is 2.47. The van der Waals surface area contributed by atoms with Crippen LogP contribution in [0.2, 0.25) is 0 Å². The van der Waals surface area contributed by atoms with E-state index in [1.165, 1.54) is 11.3 Å². The van der Waals surface area contributed by atoms with Gasteiger partial charge in [-0.05, 0) is 36.1 Å². The van der Waals surface area contributed by atoms with Gasteiger partial charge in [-0.25, -0.2) is 0 Å². The normalized spacial score (nSPS) is 17.7. The van der Waals surface area contributed by atoms with Gasteiger partial charge >= 0.3 is 0 Å². The number of para-hydroxylation sites is 1. The number of nitrogens with zero attached hydrogens (tertiary/aromatic N) is 1. The maximum atomic E-state index is 6.18. The van der Waals surface area contributed by atoms with Gasteiger partial charge in [0.15, 0.2) is 0 Å². The monoisotopic (exact) mass is 268 g/mol. The van der Waals surface area contributed by atoms with Crippen LogP contribution >= 0.6 is 0 Å². The fourth-order valence-corrected chi connectivity index (χ4v) is 2.91. The van der Waals surface area contributed by atoms with Gasteiger partial charge in [-0.15, -0.1) is 0 Å². The standard InChI is InChI=1S/C17H20N2O/c1-12-9-13-5-3-4-6-16(13)19(11-12)17-10-14(20-2)7-8-15(17)18/h3-8,10,12H,9,11,18H2,1-2H3. The Kier molecular flexibility index (Phi) is 3.26. The Labute approximate surface area is 120 Å². The molecule has 1 aliphatic rings. The minimum atomic E-state index is 0.607. The van der Waals surface area contributed by atoms with Gasteiger partial charge in [-0.3, -0.25) is 0 Å². The van der Waals surface area contributed by atoms with Crippen LogP contribution in [0.3, 0.4) is 0 Å². The van der Waals surface area contributed by atoms with E-state index in [4.69, 9.17) is 10.5 Å². The van der Waals surface area contributed by atoms with Crippen molar-refractivity contribution in [1.29, 1.82) is 0 Å². The molecule has 0 amide bonds. The summed E-state index contributed by atoms with van der Waals surface area (Å²) in [6.07, 6.45) is 1.12. The van der Waals surface area contributed by atoms with Crippen LogP contribution in [0.5, 0.6) is 5.75 Å². The molecule has 1 unspecified atom stereocenters. The van der Waals surface area contributed by atoms with E-state index in [0.717, 1.165) is 30.1 Å². The number of nitrogens with two attached hydrogens (primary N) is 1. The highest BCUT2D eigenvalue weighted by Gasteiger charge is 2.24. The summed E-state index contributed by atoms with van der Waals surface area (Å²) in [6, 6.07) is 14.4. The Balaban J connectivity index is 2.10. The van der Waals surface area contributed by atoms with Crippen LogP contribution in [0.1, 0.15) is 12.5 Å². The zero-order chi connectivity index (χ0) is 14.1. The number of methoxy groups -OCH3 is 1. The van der Waals surface area contributed by atoms with Gasteiger partial charge < -0.3 is 15.4 Å². The van der Waals surface area contributed by atoms with Gasteiger partial charge in [-0.2, -0.15) is 0 Å². The average molecular weight is 268 g/mol. The van der Waals surface area contributed by atoms with Crippen molar-refractivity contribution >= 4 is 17.1 Å². The minimum Gasteiger partial charge on any atom is -0.497 e. The summed E-state index contributed by atoms with van der Waals surface area (Å²) >= 11 is 0. The smallest absolute Gasteiger partial charge is 0.121 e. The highest BCUT2D eigenvalue weighted by atomic mass is 16.5. The molecule has 0 aromatic heterocycles. The van der Waals surface area contributed by atoms with E-state index < -0.39 is 0 Å². The highest BCUT2D eigenvalue weighted by molar-refractivity contribution is 5.78. The van der Waals surface area contributed by atoms with Crippen LogP contribution in [0.25, 0.3) is 0 Å². The molecular formula is C17H20N2O. The zero-order valence-corrected chi connectivity index (χ0v) is 12.0. The van der Waals surface area contributed by atoms with E-state index in [9.17, 15) is 0 Å². The van der Waals surface area contributed by atoms with Crippen molar-refractivity contribution in [2.45, 2.75) is 13.3 Å². The van der Waals surface area contributed by atoms with Crippen LogP contribution in [0.15, 0.2) is 42.5 Å². The number of fused-ring (bicyclic) bond motifs is 1. The Hall–Kier alpha value is -2.16. The molecule has 20 heavy (non-hydrogen) atoms. The third-order valence-electron chi connectivity index (χ3n) is 3.87. The molecule has 1 atom stereocenters. The predicted molar refractivity (Wildman–Crippen MR) is 83.7 cm³/mol. The largest absolute Gasteiger partial charge is 0.497 e. The second-order valence-electron chi connectivity index (χ2n) is 5.47. The van der Waals surface area contributed by atoms with Crippen LogP contribution in [-0.4, -0.2) is 13.7 Å². The lowest BCUT2D eigenvalue weighted by atomic mass is 9.93. The Morgan fingerprint density at radius 1 is 1.15 bits per heavy atom. The summed E-state index contributed by atoms with van der Waals surface area (Å²) in [5.74, 6) is 1.44. The van der Waals surface area contributed by atoms with Gasteiger partial charge in [0.1, 0.15) is 5.75 Å². The van der Waals surface area contributed by atoms with Crippen molar-refractivity contribution in [2.75, 3.05) is 24.3 Å². The molecule has 3 rings (SSSR count). The molecule has 2 N–H and O–H groups in total. The van der Waals surface area contributed by atoms with E-state index in [2.05, 4.69) is 36.1 Å². The van der Waals surface area contributed by atoms with Crippen LogP contribution in [0.4, 0.5) is 17.1 Å². The Morgan fingerprint density at radius 3 is 2.75 bits per heavy atom. The summed E-state index contributed by atoms with van der Waals surface area (Å²) < 4.78 is 5.33. The highest BCUT2D eigenvalue weighted by Crippen LogP contribution is 2.39. The lowest BCUT2D eigenvalue weighted by Gasteiger charge is -2.35. The molecule has 0 saturated heterocycles. The molecule has 1 aliphatic heterocycles. The van der Waals surface area contributed by atoms with Crippen molar-refractivity contribution in [3.8, 4) is 5.75 Å². The summed E-state index contributed by atoms with van der Waals surface area (Å²) in [4.78, 5) is 2.31. The van der Waals surface area contributed by atoms with E-state index in [1.54, 1.807) is 7.11 Å². The van der Waals surface area contributed by atoms with Crippen molar-refractivity contribution < 1.29 is 4.74 Å². The molecular weight excluding hydrogens is 248 g/mol. The first-order valence-electron chi connectivity index (χ1n) is 6.98. The minimum absolute atomic E-state index is 0.607. The van der Waals surface area contributed by atoms with Crippen molar-refractivity contribution in [1.82, 2.24) is 0 Å². The van der Waals surface area contributed by atoms with E-state index in [0.29, 0.717) is 5.92 Å². The molecule has 2 aromatic carbocycles. The van der Waals surface area contributed by atoms with E-state index in [1.807, 2.05) is 18.2 Å². The van der Waals surface area contributed by atoms with Gasteiger partial charge in [0.2, 0.25) is 0 Å². The van der Waals surface area contributed by atoms with Gasteiger partial charge in [0.05, 0.1) is 18.5 Å². The fourth-order valence-electron chi connectivity index (χ4n) is 2.91. The van der Waals surface area contributed by atoms with E-state index >= 15 is 0 Å². The molecule has 0 radical (unpaired) electrons. The SMILES string of the molecule is COc1ccc(N)c(N2CC(C)Cc3ccccc32)c1. The number of nitrogen functional groups attached to an aromatic ring is 1. The number of hydrogen-bond donors (Lipinski definition) is 1. The van der Waals surface area contributed by atoms with Gasteiger partial charge in [0.25, 0.3) is 0 Å². The lowest BCUT2D eigenvalue weighted by molar-refractivity contribution is 0.415. The summed E-state index contributed by atoms with van der Waals surface area (Å²) in [6.45, 7) is 3.26. The van der Waals surface area contributed by atoms with Crippen LogP contribution in [0, 0.1) is 5.92 Å². The molecule has 0 saturated carbocycles.